The van der Waals surface area contributed by atoms with Gasteiger partial charge >= 0.3 is 0 Å². The van der Waals surface area contributed by atoms with Gasteiger partial charge in [0.2, 0.25) is 5.91 Å². The molecule has 0 spiro atoms. The standard InChI is InChI=1S/C15H20F2N2O3S/c1-18-5-6-23(21,22)10-13(18)8-15(20)19(2)9-11-3-4-12(16)7-14(11)17/h3-4,7,13H,5-6,8-10H2,1-2H3. The molecular formula is C15H20F2N2O3S. The van der Waals surface area contributed by atoms with Crippen molar-refractivity contribution in [2.24, 2.45) is 0 Å². The van der Waals surface area contributed by atoms with Crippen molar-refractivity contribution in [2.45, 2.75) is 19.0 Å². The van der Waals surface area contributed by atoms with Crippen LogP contribution >= 0.6 is 0 Å². The van der Waals surface area contributed by atoms with Crippen LogP contribution < -0.4 is 0 Å². The first-order chi connectivity index (χ1) is 10.7. The number of sulfone groups is 1. The second-order valence-corrected chi connectivity index (χ2v) is 8.17. The lowest BCUT2D eigenvalue weighted by Gasteiger charge is -2.32. The van der Waals surface area contributed by atoms with Crippen LogP contribution in [0.5, 0.6) is 0 Å². The van der Waals surface area contributed by atoms with Crippen LogP contribution in [0.3, 0.4) is 0 Å². The number of rotatable bonds is 4. The normalized spacial score (nSPS) is 21.1. The van der Waals surface area contributed by atoms with Crippen LogP contribution in [-0.4, -0.2) is 62.3 Å². The van der Waals surface area contributed by atoms with Crippen LogP contribution in [0.15, 0.2) is 18.2 Å². The van der Waals surface area contributed by atoms with Crippen LogP contribution in [0.4, 0.5) is 8.78 Å². The Hall–Kier alpha value is -1.54. The lowest BCUT2D eigenvalue weighted by molar-refractivity contribution is -0.131. The quantitative estimate of drug-likeness (QED) is 0.818. The molecule has 1 aromatic carbocycles. The summed E-state index contributed by atoms with van der Waals surface area (Å²) < 4.78 is 49.9. The molecule has 2 rings (SSSR count). The van der Waals surface area contributed by atoms with Gasteiger partial charge in [0.1, 0.15) is 11.6 Å². The maximum Gasteiger partial charge on any atom is 0.224 e. The molecule has 0 bridgehead atoms. The van der Waals surface area contributed by atoms with Crippen molar-refractivity contribution in [1.82, 2.24) is 9.80 Å². The average Bonchev–Trinajstić information content (AvgIpc) is 2.45. The van der Waals surface area contributed by atoms with Crippen molar-refractivity contribution in [1.29, 1.82) is 0 Å². The molecule has 128 valence electrons. The molecule has 1 saturated heterocycles. The van der Waals surface area contributed by atoms with Gasteiger partial charge in [-0.1, -0.05) is 6.07 Å². The zero-order valence-electron chi connectivity index (χ0n) is 13.1. The molecular weight excluding hydrogens is 326 g/mol. The van der Waals surface area contributed by atoms with E-state index in [1.54, 1.807) is 7.05 Å². The van der Waals surface area contributed by atoms with E-state index in [0.29, 0.717) is 6.54 Å². The number of halogens is 2. The Labute approximate surface area is 134 Å². The molecule has 1 unspecified atom stereocenters. The lowest BCUT2D eigenvalue weighted by Crippen LogP contribution is -2.48. The minimum atomic E-state index is -3.12. The SMILES string of the molecule is CN(Cc1ccc(F)cc1F)C(=O)CC1CS(=O)(=O)CCN1C. The van der Waals surface area contributed by atoms with Crippen LogP contribution in [0, 0.1) is 11.6 Å². The second kappa shape index (κ2) is 6.92. The fraction of sp³-hybridized carbons (Fsp3) is 0.533. The summed E-state index contributed by atoms with van der Waals surface area (Å²) in [4.78, 5) is 15.4. The molecule has 0 N–H and O–H groups in total. The van der Waals surface area contributed by atoms with Gasteiger partial charge in [0.15, 0.2) is 9.84 Å². The molecule has 23 heavy (non-hydrogen) atoms. The van der Waals surface area contributed by atoms with Gasteiger partial charge in [0.05, 0.1) is 11.5 Å². The predicted molar refractivity (Wildman–Crippen MR) is 82.5 cm³/mol. The largest absolute Gasteiger partial charge is 0.341 e. The molecule has 8 heteroatoms. The lowest BCUT2D eigenvalue weighted by atomic mass is 10.1. The highest BCUT2D eigenvalue weighted by Crippen LogP contribution is 2.16. The Morgan fingerprint density at radius 1 is 1.39 bits per heavy atom. The average molecular weight is 346 g/mol. The van der Waals surface area contributed by atoms with Crippen molar-refractivity contribution >= 4 is 15.7 Å². The maximum absolute atomic E-state index is 13.6. The third-order valence-corrected chi connectivity index (χ3v) is 5.78. The third-order valence-electron chi connectivity index (χ3n) is 4.08. The Morgan fingerprint density at radius 3 is 2.74 bits per heavy atom. The maximum atomic E-state index is 13.6. The smallest absolute Gasteiger partial charge is 0.224 e. The summed E-state index contributed by atoms with van der Waals surface area (Å²) in [5.41, 5.74) is 0.215. The van der Waals surface area contributed by atoms with Gasteiger partial charge in [0, 0.05) is 44.2 Å². The monoisotopic (exact) mass is 346 g/mol. The molecule has 1 aliphatic rings. The number of hydrogen-bond acceptors (Lipinski definition) is 4. The van der Waals surface area contributed by atoms with Crippen molar-refractivity contribution in [3.05, 3.63) is 35.4 Å². The molecule has 1 heterocycles. The Bertz CT molecular complexity index is 694. The Kier molecular flexibility index (Phi) is 5.36. The summed E-state index contributed by atoms with van der Waals surface area (Å²) in [6.45, 7) is 0.407. The number of nitrogens with zero attached hydrogens (tertiary/aromatic N) is 2. The van der Waals surface area contributed by atoms with E-state index in [2.05, 4.69) is 0 Å². The zero-order chi connectivity index (χ0) is 17.2. The van der Waals surface area contributed by atoms with Crippen molar-refractivity contribution in [2.75, 3.05) is 32.1 Å². The van der Waals surface area contributed by atoms with Gasteiger partial charge in [-0.05, 0) is 13.1 Å². The minimum absolute atomic E-state index is 0.00807. The van der Waals surface area contributed by atoms with E-state index in [4.69, 9.17) is 0 Å². The number of hydrogen-bond donors (Lipinski definition) is 0. The van der Waals surface area contributed by atoms with Crippen molar-refractivity contribution in [3.63, 3.8) is 0 Å². The predicted octanol–water partition coefficient (Wildman–Crippen LogP) is 1.04. The summed E-state index contributed by atoms with van der Waals surface area (Å²) in [5.74, 6) is -1.60. The second-order valence-electron chi connectivity index (χ2n) is 5.94. The summed E-state index contributed by atoms with van der Waals surface area (Å²) in [7, 11) is 0.180. The molecule has 1 aliphatic heterocycles. The van der Waals surface area contributed by atoms with E-state index in [1.165, 1.54) is 18.0 Å². The molecule has 0 aromatic heterocycles. The first-order valence-corrected chi connectivity index (χ1v) is 9.08. The minimum Gasteiger partial charge on any atom is -0.341 e. The van der Waals surface area contributed by atoms with Crippen LogP contribution in [0.25, 0.3) is 0 Å². The fourth-order valence-electron chi connectivity index (χ4n) is 2.54. The summed E-state index contributed by atoms with van der Waals surface area (Å²) in [5, 5.41) is 0. The molecule has 1 amide bonds. The highest BCUT2D eigenvalue weighted by atomic mass is 32.2. The summed E-state index contributed by atoms with van der Waals surface area (Å²) >= 11 is 0. The molecule has 1 atom stereocenters. The van der Waals surface area contributed by atoms with Crippen LogP contribution in [-0.2, 0) is 21.2 Å². The van der Waals surface area contributed by atoms with E-state index < -0.39 is 21.5 Å². The van der Waals surface area contributed by atoms with Gasteiger partial charge in [-0.2, -0.15) is 0 Å². The Balaban J connectivity index is 1.99. The van der Waals surface area contributed by atoms with Crippen molar-refractivity contribution < 1.29 is 22.0 Å². The molecule has 0 radical (unpaired) electrons. The van der Waals surface area contributed by atoms with E-state index in [1.807, 2.05) is 4.90 Å². The van der Waals surface area contributed by atoms with E-state index in [-0.39, 0.29) is 42.0 Å². The van der Waals surface area contributed by atoms with E-state index in [9.17, 15) is 22.0 Å². The molecule has 1 fully saturated rings. The molecule has 5 nitrogen and oxygen atoms in total. The van der Waals surface area contributed by atoms with Crippen molar-refractivity contribution in [3.8, 4) is 0 Å². The first-order valence-electron chi connectivity index (χ1n) is 7.26. The van der Waals surface area contributed by atoms with Gasteiger partial charge in [0.25, 0.3) is 0 Å². The van der Waals surface area contributed by atoms with Crippen LogP contribution in [0.1, 0.15) is 12.0 Å². The van der Waals surface area contributed by atoms with Gasteiger partial charge in [-0.15, -0.1) is 0 Å². The Morgan fingerprint density at radius 2 is 2.09 bits per heavy atom. The zero-order valence-corrected chi connectivity index (χ0v) is 13.9. The number of benzene rings is 1. The third kappa shape index (κ3) is 4.71. The van der Waals surface area contributed by atoms with Gasteiger partial charge in [-0.25, -0.2) is 17.2 Å². The fourth-order valence-corrected chi connectivity index (χ4v) is 4.23. The van der Waals surface area contributed by atoms with Gasteiger partial charge in [-0.3, -0.25) is 4.79 Å². The summed E-state index contributed by atoms with van der Waals surface area (Å²) in [6.07, 6.45) is 0.0506. The van der Waals surface area contributed by atoms with Gasteiger partial charge < -0.3 is 9.80 Å². The van der Waals surface area contributed by atoms with E-state index in [0.717, 1.165) is 12.1 Å². The highest BCUT2D eigenvalue weighted by molar-refractivity contribution is 7.91. The summed E-state index contributed by atoms with van der Waals surface area (Å²) in [6, 6.07) is 2.83. The number of amides is 1. The molecule has 0 saturated carbocycles. The van der Waals surface area contributed by atoms with E-state index >= 15 is 0 Å². The van der Waals surface area contributed by atoms with Crippen LogP contribution in [0.2, 0.25) is 0 Å². The topological polar surface area (TPSA) is 57.7 Å². The number of carbonyl (C=O) groups excluding carboxylic acids is 1. The molecule has 0 aliphatic carbocycles. The molecule has 1 aromatic rings. The number of carbonyl (C=O) groups is 1. The first kappa shape index (κ1) is 17.8. The highest BCUT2D eigenvalue weighted by Gasteiger charge is 2.31.